The molecule has 2 saturated heterocycles. The maximum Gasteiger partial charge on any atom is 0.224 e. The third-order valence-electron chi connectivity index (χ3n) is 3.15. The summed E-state index contributed by atoms with van der Waals surface area (Å²) in [5.41, 5.74) is 0. The fourth-order valence-corrected chi connectivity index (χ4v) is 2.34. The summed E-state index contributed by atoms with van der Waals surface area (Å²) in [5.74, 6) is 0.0882. The van der Waals surface area contributed by atoms with E-state index in [2.05, 4.69) is 18.0 Å². The molecule has 0 aromatic rings. The molecule has 0 bridgehead atoms. The van der Waals surface area contributed by atoms with Gasteiger partial charge in [-0.1, -0.05) is 0 Å². The lowest BCUT2D eigenvalue weighted by molar-refractivity contribution is -0.129. The van der Waals surface area contributed by atoms with Gasteiger partial charge in [-0.25, -0.2) is 0 Å². The van der Waals surface area contributed by atoms with Crippen LogP contribution in [0.2, 0.25) is 0 Å². The maximum atomic E-state index is 11.6. The molecule has 4 heteroatoms. The van der Waals surface area contributed by atoms with Crippen LogP contribution in [-0.2, 0) is 4.79 Å². The van der Waals surface area contributed by atoms with E-state index >= 15 is 0 Å². The fourth-order valence-electron chi connectivity index (χ4n) is 2.34. The quantitative estimate of drug-likeness (QED) is 0.591. The Kier molecular flexibility index (Phi) is 2.42. The van der Waals surface area contributed by atoms with Crippen LogP contribution in [0, 0.1) is 17.2 Å². The molecular formula is C10H15N3O. The number of likely N-dealkylation sites (N-methyl/N-ethyl adjacent to an activating group) is 1. The topological polar surface area (TPSA) is 47.3 Å². The lowest BCUT2D eigenvalue weighted by Gasteiger charge is -2.23. The van der Waals surface area contributed by atoms with Crippen LogP contribution in [0.4, 0.5) is 0 Å². The molecule has 0 radical (unpaired) electrons. The lowest BCUT2D eigenvalue weighted by Crippen LogP contribution is -2.38. The summed E-state index contributed by atoms with van der Waals surface area (Å²) < 4.78 is 0. The molecule has 4 nitrogen and oxygen atoms in total. The van der Waals surface area contributed by atoms with Gasteiger partial charge in [0.15, 0.2) is 0 Å². The van der Waals surface area contributed by atoms with E-state index in [1.807, 2.05) is 4.90 Å². The molecule has 76 valence electrons. The number of rotatable bonds is 1. The van der Waals surface area contributed by atoms with Gasteiger partial charge in [0.2, 0.25) is 5.91 Å². The molecule has 2 heterocycles. The summed E-state index contributed by atoms with van der Waals surface area (Å²) in [5, 5.41) is 8.76. The van der Waals surface area contributed by atoms with Crippen molar-refractivity contribution in [3.05, 3.63) is 0 Å². The highest BCUT2D eigenvalue weighted by atomic mass is 16.2. The molecule has 2 aliphatic rings. The highest BCUT2D eigenvalue weighted by Gasteiger charge is 2.36. The molecule has 2 aliphatic heterocycles. The molecule has 0 aliphatic carbocycles. The molecular weight excluding hydrogens is 178 g/mol. The largest absolute Gasteiger partial charge is 0.337 e. The Hall–Kier alpha value is -1.08. The Morgan fingerprint density at radius 2 is 2.29 bits per heavy atom. The number of nitrogens with zero attached hydrogens (tertiary/aromatic N) is 3. The van der Waals surface area contributed by atoms with Gasteiger partial charge in [-0.2, -0.15) is 5.26 Å². The van der Waals surface area contributed by atoms with E-state index in [1.165, 1.54) is 0 Å². The molecule has 0 aromatic heterocycles. The molecule has 0 N–H and O–H groups in total. The second kappa shape index (κ2) is 3.58. The summed E-state index contributed by atoms with van der Waals surface area (Å²) in [6.45, 7) is 2.67. The predicted molar refractivity (Wildman–Crippen MR) is 51.3 cm³/mol. The summed E-state index contributed by atoms with van der Waals surface area (Å²) in [4.78, 5) is 15.7. The van der Waals surface area contributed by atoms with Crippen LogP contribution in [0.5, 0.6) is 0 Å². The van der Waals surface area contributed by atoms with Crippen molar-refractivity contribution in [2.75, 3.05) is 26.7 Å². The Balaban J connectivity index is 1.99. The number of carbonyl (C=O) groups is 1. The zero-order valence-electron chi connectivity index (χ0n) is 8.44. The second-order valence-corrected chi connectivity index (χ2v) is 4.28. The minimum Gasteiger partial charge on any atom is -0.337 e. The van der Waals surface area contributed by atoms with Gasteiger partial charge in [0.05, 0.1) is 12.0 Å². The SMILES string of the molecule is CN1CCC(N2CC(C#N)CC2=O)C1. The van der Waals surface area contributed by atoms with Crippen LogP contribution >= 0.6 is 0 Å². The number of carbonyl (C=O) groups excluding carboxylic acids is 1. The van der Waals surface area contributed by atoms with Crippen molar-refractivity contribution in [2.45, 2.75) is 18.9 Å². The average Bonchev–Trinajstić information content (AvgIpc) is 2.71. The third-order valence-corrected chi connectivity index (χ3v) is 3.15. The van der Waals surface area contributed by atoms with Crippen molar-refractivity contribution in [2.24, 2.45) is 5.92 Å². The monoisotopic (exact) mass is 193 g/mol. The van der Waals surface area contributed by atoms with E-state index in [0.717, 1.165) is 19.5 Å². The van der Waals surface area contributed by atoms with Gasteiger partial charge < -0.3 is 9.80 Å². The van der Waals surface area contributed by atoms with E-state index in [1.54, 1.807) is 0 Å². The Morgan fingerprint density at radius 3 is 2.79 bits per heavy atom. The zero-order valence-corrected chi connectivity index (χ0v) is 8.44. The first-order chi connectivity index (χ1) is 6.70. The fraction of sp³-hybridized carbons (Fsp3) is 0.800. The smallest absolute Gasteiger partial charge is 0.224 e. The first-order valence-electron chi connectivity index (χ1n) is 5.08. The third kappa shape index (κ3) is 1.60. The second-order valence-electron chi connectivity index (χ2n) is 4.28. The Bertz CT molecular complexity index is 284. The van der Waals surface area contributed by atoms with E-state index in [9.17, 15) is 4.79 Å². The molecule has 14 heavy (non-hydrogen) atoms. The van der Waals surface area contributed by atoms with Gasteiger partial charge in [-0.05, 0) is 20.0 Å². The van der Waals surface area contributed by atoms with Crippen LogP contribution < -0.4 is 0 Å². The van der Waals surface area contributed by atoms with E-state index < -0.39 is 0 Å². The molecule has 2 rings (SSSR count). The molecule has 0 spiro atoms. The van der Waals surface area contributed by atoms with Crippen molar-refractivity contribution >= 4 is 5.91 Å². The Morgan fingerprint density at radius 1 is 1.50 bits per heavy atom. The van der Waals surface area contributed by atoms with Gasteiger partial charge in [0.25, 0.3) is 0 Å². The molecule has 1 amide bonds. The van der Waals surface area contributed by atoms with Crippen molar-refractivity contribution < 1.29 is 4.79 Å². The van der Waals surface area contributed by atoms with Crippen LogP contribution in [0.25, 0.3) is 0 Å². The van der Waals surface area contributed by atoms with E-state index in [-0.39, 0.29) is 11.8 Å². The van der Waals surface area contributed by atoms with Crippen molar-refractivity contribution in [1.29, 1.82) is 5.26 Å². The van der Waals surface area contributed by atoms with E-state index in [0.29, 0.717) is 19.0 Å². The normalized spacial score (nSPS) is 33.7. The van der Waals surface area contributed by atoms with Crippen molar-refractivity contribution in [3.63, 3.8) is 0 Å². The predicted octanol–water partition coefficient (Wildman–Crippen LogP) is 0.0626. The molecule has 0 saturated carbocycles. The van der Waals surface area contributed by atoms with E-state index in [4.69, 9.17) is 5.26 Å². The van der Waals surface area contributed by atoms with Gasteiger partial charge in [0.1, 0.15) is 0 Å². The summed E-state index contributed by atoms with van der Waals surface area (Å²) in [6.07, 6.45) is 1.48. The summed E-state index contributed by atoms with van der Waals surface area (Å²) in [6, 6.07) is 2.54. The average molecular weight is 193 g/mol. The number of nitriles is 1. The van der Waals surface area contributed by atoms with Gasteiger partial charge in [-0.15, -0.1) is 0 Å². The summed E-state index contributed by atoms with van der Waals surface area (Å²) >= 11 is 0. The van der Waals surface area contributed by atoms with Crippen LogP contribution in [0.3, 0.4) is 0 Å². The number of hydrogen-bond donors (Lipinski definition) is 0. The zero-order chi connectivity index (χ0) is 10.1. The lowest BCUT2D eigenvalue weighted by atomic mass is 10.1. The van der Waals surface area contributed by atoms with Crippen LogP contribution in [0.1, 0.15) is 12.8 Å². The maximum absolute atomic E-state index is 11.6. The van der Waals surface area contributed by atoms with Gasteiger partial charge in [0, 0.05) is 25.6 Å². The highest BCUT2D eigenvalue weighted by Crippen LogP contribution is 2.23. The van der Waals surface area contributed by atoms with Crippen molar-refractivity contribution in [1.82, 2.24) is 9.80 Å². The number of hydrogen-bond acceptors (Lipinski definition) is 3. The van der Waals surface area contributed by atoms with Gasteiger partial charge >= 0.3 is 0 Å². The molecule has 2 atom stereocenters. The first-order valence-corrected chi connectivity index (χ1v) is 5.08. The number of amides is 1. The van der Waals surface area contributed by atoms with Crippen molar-refractivity contribution in [3.8, 4) is 6.07 Å². The Labute approximate surface area is 84.1 Å². The minimum atomic E-state index is -0.0755. The molecule has 2 fully saturated rings. The first kappa shape index (κ1) is 9.47. The standard InChI is InChI=1S/C10H15N3O/c1-12-3-2-9(7-12)13-6-8(5-11)4-10(13)14/h8-9H,2-4,6-7H2,1H3. The minimum absolute atomic E-state index is 0.0755. The molecule has 2 unspecified atom stereocenters. The summed E-state index contributed by atoms with van der Waals surface area (Å²) in [7, 11) is 2.07. The van der Waals surface area contributed by atoms with Gasteiger partial charge in [-0.3, -0.25) is 4.79 Å². The molecule has 0 aromatic carbocycles. The van der Waals surface area contributed by atoms with Crippen LogP contribution in [0.15, 0.2) is 0 Å². The highest BCUT2D eigenvalue weighted by molar-refractivity contribution is 5.79. The number of likely N-dealkylation sites (tertiary alicyclic amines) is 2. The van der Waals surface area contributed by atoms with Crippen LogP contribution in [-0.4, -0.2) is 48.4 Å².